The molecule has 1 N–H and O–H groups in total. The Balaban J connectivity index is 2.51. The fourth-order valence-corrected chi connectivity index (χ4v) is 1.16. The highest BCUT2D eigenvalue weighted by atomic mass is 16.4. The van der Waals surface area contributed by atoms with Crippen molar-refractivity contribution in [2.45, 2.75) is 13.3 Å². The molecule has 2 aromatic rings. The van der Waals surface area contributed by atoms with Gasteiger partial charge in [-0.05, 0) is 13.0 Å². The Labute approximate surface area is 79.2 Å². The van der Waals surface area contributed by atoms with E-state index in [4.69, 9.17) is 5.11 Å². The molecule has 0 saturated carbocycles. The van der Waals surface area contributed by atoms with Gasteiger partial charge in [-0.1, -0.05) is 0 Å². The third-order valence-corrected chi connectivity index (χ3v) is 1.78. The maximum atomic E-state index is 10.4. The van der Waals surface area contributed by atoms with E-state index in [0.29, 0.717) is 5.78 Å². The predicted octanol–water partition coefficient (Wildman–Crippen LogP) is 0.0598. The van der Waals surface area contributed by atoms with Crippen LogP contribution in [0, 0.1) is 6.92 Å². The minimum atomic E-state index is -0.946. The van der Waals surface area contributed by atoms with Crippen molar-refractivity contribution in [3.05, 3.63) is 23.8 Å². The summed E-state index contributed by atoms with van der Waals surface area (Å²) in [6, 6.07) is 1.78. The van der Waals surface area contributed by atoms with Gasteiger partial charge in [0.15, 0.2) is 5.82 Å². The van der Waals surface area contributed by atoms with E-state index in [1.807, 2.05) is 6.92 Å². The van der Waals surface area contributed by atoms with Crippen molar-refractivity contribution in [2.75, 3.05) is 0 Å². The molecule has 2 heterocycles. The first-order valence-corrected chi connectivity index (χ1v) is 4.06. The highest BCUT2D eigenvalue weighted by Crippen LogP contribution is 2.01. The zero-order valence-electron chi connectivity index (χ0n) is 7.51. The summed E-state index contributed by atoms with van der Waals surface area (Å²) in [4.78, 5) is 18.4. The van der Waals surface area contributed by atoms with Gasteiger partial charge >= 0.3 is 5.97 Å². The second kappa shape index (κ2) is 3.06. The van der Waals surface area contributed by atoms with E-state index in [1.54, 1.807) is 12.3 Å². The number of carboxylic acids is 1. The molecule has 0 saturated heterocycles. The molecule has 0 unspecified atom stereocenters. The Bertz CT molecular complexity index is 491. The molecule has 0 atom stereocenters. The third kappa shape index (κ3) is 1.41. The van der Waals surface area contributed by atoms with E-state index in [0.717, 1.165) is 5.69 Å². The van der Waals surface area contributed by atoms with Crippen LogP contribution < -0.4 is 0 Å². The molecule has 2 aromatic heterocycles. The standard InChI is InChI=1S/C8H8N4O2/c1-5-2-3-9-8-10-6(4-7(13)14)11-12(5)8/h2-3H,4H2,1H3,(H,13,14). The number of fused-ring (bicyclic) bond motifs is 1. The summed E-state index contributed by atoms with van der Waals surface area (Å²) in [5.41, 5.74) is 0.874. The van der Waals surface area contributed by atoms with Crippen molar-refractivity contribution >= 4 is 11.7 Å². The number of aromatic nitrogens is 4. The van der Waals surface area contributed by atoms with Gasteiger partial charge in [-0.2, -0.15) is 4.98 Å². The van der Waals surface area contributed by atoms with Crippen molar-refractivity contribution in [3.63, 3.8) is 0 Å². The number of aliphatic carboxylic acids is 1. The van der Waals surface area contributed by atoms with Crippen molar-refractivity contribution in [1.82, 2.24) is 19.6 Å². The zero-order chi connectivity index (χ0) is 10.1. The molecule has 14 heavy (non-hydrogen) atoms. The van der Waals surface area contributed by atoms with Gasteiger partial charge in [0, 0.05) is 11.9 Å². The molecule has 0 amide bonds. The highest BCUT2D eigenvalue weighted by Gasteiger charge is 2.08. The first-order chi connectivity index (χ1) is 6.66. The van der Waals surface area contributed by atoms with Crippen LogP contribution in [-0.2, 0) is 11.2 Å². The lowest BCUT2D eigenvalue weighted by Gasteiger charge is -1.92. The molecule has 0 bridgehead atoms. The van der Waals surface area contributed by atoms with E-state index in [1.165, 1.54) is 4.52 Å². The molecule has 0 aromatic carbocycles. The molecule has 0 fully saturated rings. The summed E-state index contributed by atoms with van der Waals surface area (Å²) in [5, 5.41) is 12.6. The third-order valence-electron chi connectivity index (χ3n) is 1.78. The maximum Gasteiger partial charge on any atom is 0.311 e. The molecular weight excluding hydrogens is 184 g/mol. The number of rotatable bonds is 2. The van der Waals surface area contributed by atoms with E-state index >= 15 is 0 Å². The first-order valence-electron chi connectivity index (χ1n) is 4.06. The molecule has 2 rings (SSSR count). The van der Waals surface area contributed by atoms with Crippen LogP contribution in [0.1, 0.15) is 11.5 Å². The van der Waals surface area contributed by atoms with E-state index in [9.17, 15) is 4.79 Å². The number of nitrogens with zero attached hydrogens (tertiary/aromatic N) is 4. The number of carboxylic acid groups (broad SMARTS) is 1. The van der Waals surface area contributed by atoms with Crippen LogP contribution in [0.25, 0.3) is 5.78 Å². The summed E-state index contributed by atoms with van der Waals surface area (Å²) in [7, 11) is 0. The predicted molar refractivity (Wildman–Crippen MR) is 46.9 cm³/mol. The van der Waals surface area contributed by atoms with Gasteiger partial charge < -0.3 is 5.11 Å². The van der Waals surface area contributed by atoms with Gasteiger partial charge in [0.1, 0.15) is 6.42 Å². The minimum absolute atomic E-state index is 0.178. The fraction of sp³-hybridized carbons (Fsp3) is 0.250. The minimum Gasteiger partial charge on any atom is -0.481 e. The van der Waals surface area contributed by atoms with Gasteiger partial charge in [-0.3, -0.25) is 4.79 Å². The topological polar surface area (TPSA) is 80.4 Å². The Morgan fingerprint density at radius 2 is 2.43 bits per heavy atom. The summed E-state index contributed by atoms with van der Waals surface area (Å²) < 4.78 is 1.53. The van der Waals surface area contributed by atoms with Gasteiger partial charge in [-0.25, -0.2) is 9.50 Å². The van der Waals surface area contributed by atoms with Crippen LogP contribution in [0.2, 0.25) is 0 Å². The summed E-state index contributed by atoms with van der Waals surface area (Å²) >= 11 is 0. The lowest BCUT2D eigenvalue weighted by atomic mass is 10.4. The Hall–Kier alpha value is -1.98. The lowest BCUT2D eigenvalue weighted by Crippen LogP contribution is -2.02. The monoisotopic (exact) mass is 192 g/mol. The van der Waals surface area contributed by atoms with Crippen LogP contribution in [0.3, 0.4) is 0 Å². The molecule has 0 radical (unpaired) electrons. The molecule has 6 nitrogen and oxygen atoms in total. The summed E-state index contributed by atoms with van der Waals surface area (Å²) in [5.74, 6) is -0.237. The Morgan fingerprint density at radius 1 is 1.64 bits per heavy atom. The molecule has 0 spiro atoms. The molecule has 6 heteroatoms. The fourth-order valence-electron chi connectivity index (χ4n) is 1.16. The van der Waals surface area contributed by atoms with E-state index in [-0.39, 0.29) is 12.2 Å². The van der Waals surface area contributed by atoms with Crippen LogP contribution >= 0.6 is 0 Å². The first kappa shape index (κ1) is 8.61. The summed E-state index contributed by atoms with van der Waals surface area (Å²) in [6.07, 6.45) is 1.44. The molecule has 0 aliphatic heterocycles. The normalized spacial score (nSPS) is 10.6. The van der Waals surface area contributed by atoms with Crippen molar-refractivity contribution in [1.29, 1.82) is 0 Å². The van der Waals surface area contributed by atoms with Crippen molar-refractivity contribution in [3.8, 4) is 0 Å². The number of hydrogen-bond acceptors (Lipinski definition) is 4. The number of carbonyl (C=O) groups is 1. The Morgan fingerprint density at radius 3 is 3.07 bits per heavy atom. The average Bonchev–Trinajstić information content (AvgIpc) is 2.47. The van der Waals surface area contributed by atoms with Crippen molar-refractivity contribution < 1.29 is 9.90 Å². The largest absolute Gasteiger partial charge is 0.481 e. The summed E-state index contributed by atoms with van der Waals surface area (Å²) in [6.45, 7) is 1.86. The van der Waals surface area contributed by atoms with E-state index < -0.39 is 5.97 Å². The van der Waals surface area contributed by atoms with Gasteiger partial charge in [-0.15, -0.1) is 5.10 Å². The highest BCUT2D eigenvalue weighted by molar-refractivity contribution is 5.69. The lowest BCUT2D eigenvalue weighted by molar-refractivity contribution is -0.136. The number of aryl methyl sites for hydroxylation is 1. The zero-order valence-corrected chi connectivity index (χ0v) is 7.51. The van der Waals surface area contributed by atoms with Gasteiger partial charge in [0.05, 0.1) is 0 Å². The number of hydrogen-bond donors (Lipinski definition) is 1. The molecule has 72 valence electrons. The second-order valence-electron chi connectivity index (χ2n) is 2.90. The molecule has 0 aliphatic carbocycles. The SMILES string of the molecule is Cc1ccnc2nc(CC(=O)O)nn12. The van der Waals surface area contributed by atoms with Gasteiger partial charge in [0.25, 0.3) is 5.78 Å². The van der Waals surface area contributed by atoms with Crippen LogP contribution in [0.5, 0.6) is 0 Å². The van der Waals surface area contributed by atoms with Crippen LogP contribution in [0.4, 0.5) is 0 Å². The smallest absolute Gasteiger partial charge is 0.311 e. The van der Waals surface area contributed by atoms with Crippen LogP contribution in [-0.4, -0.2) is 30.7 Å². The maximum absolute atomic E-state index is 10.4. The second-order valence-corrected chi connectivity index (χ2v) is 2.90. The quantitative estimate of drug-likeness (QED) is 0.727. The van der Waals surface area contributed by atoms with E-state index in [2.05, 4.69) is 15.1 Å². The Kier molecular flexibility index (Phi) is 1.88. The van der Waals surface area contributed by atoms with Crippen molar-refractivity contribution in [2.24, 2.45) is 0 Å². The molecule has 0 aliphatic rings. The van der Waals surface area contributed by atoms with Crippen LogP contribution in [0.15, 0.2) is 12.3 Å². The van der Waals surface area contributed by atoms with Gasteiger partial charge in [0.2, 0.25) is 0 Å². The molecular formula is C8H8N4O2. The average molecular weight is 192 g/mol.